The predicted molar refractivity (Wildman–Crippen MR) is 60.2 cm³/mol. The zero-order valence-corrected chi connectivity index (χ0v) is 8.63. The van der Waals surface area contributed by atoms with Crippen LogP contribution in [0, 0.1) is 12.3 Å². The third-order valence-electron chi connectivity index (χ3n) is 2.28. The Kier molecular flexibility index (Phi) is 4.89. The Hall–Kier alpha value is -1.30. The molecule has 0 bridgehead atoms. The molecule has 1 unspecified atom stereocenters. The number of hydrogen-bond donors (Lipinski definition) is 2. The van der Waals surface area contributed by atoms with Gasteiger partial charge in [0.1, 0.15) is 6.10 Å². The normalized spacial score (nSPS) is 14.2. The first-order chi connectivity index (χ1) is 7.22. The average molecular weight is 204 g/mol. The molecular weight excluding hydrogens is 188 g/mol. The van der Waals surface area contributed by atoms with E-state index in [1.807, 2.05) is 30.3 Å². The van der Waals surface area contributed by atoms with Crippen LogP contribution in [0.5, 0.6) is 0 Å². The minimum atomic E-state index is -0.740. The van der Waals surface area contributed by atoms with E-state index < -0.39 is 12.2 Å². The zero-order valence-electron chi connectivity index (χ0n) is 8.63. The molecule has 2 nitrogen and oxygen atoms in total. The molecule has 1 aromatic carbocycles. The Bertz CT molecular complexity index is 313. The van der Waals surface area contributed by atoms with Crippen LogP contribution in [0.2, 0.25) is 0 Å². The van der Waals surface area contributed by atoms with Gasteiger partial charge in [-0.05, 0) is 24.8 Å². The summed E-state index contributed by atoms with van der Waals surface area (Å²) >= 11 is 0. The van der Waals surface area contributed by atoms with Crippen molar-refractivity contribution in [3.8, 4) is 12.3 Å². The summed E-state index contributed by atoms with van der Waals surface area (Å²) in [5, 5.41) is 18.8. The van der Waals surface area contributed by atoms with E-state index in [0.717, 1.165) is 5.56 Å². The van der Waals surface area contributed by atoms with E-state index in [2.05, 4.69) is 5.92 Å². The lowest BCUT2D eigenvalue weighted by Crippen LogP contribution is -2.14. The second kappa shape index (κ2) is 6.23. The van der Waals surface area contributed by atoms with Gasteiger partial charge in [-0.15, -0.1) is 6.42 Å². The van der Waals surface area contributed by atoms with E-state index in [1.54, 1.807) is 0 Å². The summed E-state index contributed by atoms with van der Waals surface area (Å²) in [6.45, 7) is 0. The minimum Gasteiger partial charge on any atom is -0.393 e. The molecule has 80 valence electrons. The van der Waals surface area contributed by atoms with Crippen molar-refractivity contribution < 1.29 is 10.2 Å². The van der Waals surface area contributed by atoms with Gasteiger partial charge in [-0.25, -0.2) is 0 Å². The summed E-state index contributed by atoms with van der Waals surface area (Å²) in [5.41, 5.74) is 1.10. The van der Waals surface area contributed by atoms with E-state index in [-0.39, 0.29) is 0 Å². The lowest BCUT2D eigenvalue weighted by Gasteiger charge is -2.11. The van der Waals surface area contributed by atoms with Gasteiger partial charge in [-0.1, -0.05) is 36.3 Å². The highest BCUT2D eigenvalue weighted by molar-refractivity contribution is 5.15. The van der Waals surface area contributed by atoms with Crippen LogP contribution in [-0.4, -0.2) is 22.4 Å². The van der Waals surface area contributed by atoms with Crippen molar-refractivity contribution in [3.05, 3.63) is 35.9 Å². The lowest BCUT2D eigenvalue weighted by atomic mass is 10.0. The molecule has 0 radical (unpaired) electrons. The molecule has 0 spiro atoms. The van der Waals surface area contributed by atoms with Crippen molar-refractivity contribution in [2.75, 3.05) is 0 Å². The molecule has 0 heterocycles. The highest BCUT2D eigenvalue weighted by Crippen LogP contribution is 2.08. The van der Waals surface area contributed by atoms with Crippen LogP contribution in [0.25, 0.3) is 0 Å². The maximum absolute atomic E-state index is 9.67. The van der Waals surface area contributed by atoms with Gasteiger partial charge in [-0.3, -0.25) is 0 Å². The molecule has 0 amide bonds. The fourth-order valence-electron chi connectivity index (χ4n) is 1.42. The zero-order chi connectivity index (χ0) is 11.1. The van der Waals surface area contributed by atoms with Gasteiger partial charge in [0, 0.05) is 0 Å². The molecule has 0 aliphatic rings. The van der Waals surface area contributed by atoms with E-state index >= 15 is 0 Å². The largest absolute Gasteiger partial charge is 0.393 e. The van der Waals surface area contributed by atoms with Crippen molar-refractivity contribution in [2.45, 2.75) is 31.5 Å². The molecule has 1 rings (SSSR count). The number of hydrogen-bond acceptors (Lipinski definition) is 2. The Morgan fingerprint density at radius 2 is 1.80 bits per heavy atom. The van der Waals surface area contributed by atoms with Crippen LogP contribution in [0.4, 0.5) is 0 Å². The van der Waals surface area contributed by atoms with Gasteiger partial charge in [0.05, 0.1) is 6.10 Å². The Balaban J connectivity index is 2.31. The molecule has 1 aromatic rings. The first-order valence-corrected chi connectivity index (χ1v) is 5.08. The van der Waals surface area contributed by atoms with Crippen molar-refractivity contribution >= 4 is 0 Å². The third kappa shape index (κ3) is 4.64. The molecule has 15 heavy (non-hydrogen) atoms. The van der Waals surface area contributed by atoms with Crippen molar-refractivity contribution in [1.82, 2.24) is 0 Å². The molecule has 2 N–H and O–H groups in total. The summed E-state index contributed by atoms with van der Waals surface area (Å²) in [6, 6.07) is 9.77. The van der Waals surface area contributed by atoms with E-state index in [4.69, 9.17) is 11.5 Å². The Morgan fingerprint density at radius 1 is 1.13 bits per heavy atom. The maximum Gasteiger partial charge on any atom is 0.114 e. The molecule has 2 atom stereocenters. The Morgan fingerprint density at radius 3 is 2.40 bits per heavy atom. The van der Waals surface area contributed by atoms with Gasteiger partial charge >= 0.3 is 0 Å². The summed E-state index contributed by atoms with van der Waals surface area (Å²) in [7, 11) is 0. The maximum atomic E-state index is 9.67. The smallest absolute Gasteiger partial charge is 0.114 e. The van der Waals surface area contributed by atoms with Gasteiger partial charge in [0.25, 0.3) is 0 Å². The summed E-state index contributed by atoms with van der Waals surface area (Å²) in [5.74, 6) is 2.23. The summed E-state index contributed by atoms with van der Waals surface area (Å²) in [4.78, 5) is 0. The number of rotatable bonds is 5. The molecule has 0 saturated heterocycles. The summed E-state index contributed by atoms with van der Waals surface area (Å²) < 4.78 is 0. The van der Waals surface area contributed by atoms with Crippen LogP contribution in [0.1, 0.15) is 18.4 Å². The van der Waals surface area contributed by atoms with Crippen LogP contribution >= 0.6 is 0 Å². The number of aliphatic hydroxyl groups excluding tert-OH is 2. The first-order valence-electron chi connectivity index (χ1n) is 5.08. The second-order valence-corrected chi connectivity index (χ2v) is 3.60. The molecule has 0 fully saturated rings. The standard InChI is InChI=1S/C13H16O2/c1-2-12(14)8-9-13(15)10-11-6-4-3-5-7-11/h1,3-7,12-15H,8-10H2/t12?,13-/m1/s1. The molecule has 0 saturated carbocycles. The fraction of sp³-hybridized carbons (Fsp3) is 0.385. The quantitative estimate of drug-likeness (QED) is 0.711. The Labute approximate surface area is 90.6 Å². The van der Waals surface area contributed by atoms with E-state index in [9.17, 15) is 5.11 Å². The van der Waals surface area contributed by atoms with Gasteiger partial charge in [0.2, 0.25) is 0 Å². The van der Waals surface area contributed by atoms with Crippen molar-refractivity contribution in [3.63, 3.8) is 0 Å². The number of terminal acetylenes is 1. The lowest BCUT2D eigenvalue weighted by molar-refractivity contribution is 0.136. The monoisotopic (exact) mass is 204 g/mol. The minimum absolute atomic E-state index is 0.435. The van der Waals surface area contributed by atoms with Gasteiger partial charge < -0.3 is 10.2 Å². The molecule has 2 heteroatoms. The molecule has 0 aromatic heterocycles. The SMILES string of the molecule is C#CC(O)CC[C@@H](O)Cc1ccccc1. The van der Waals surface area contributed by atoms with E-state index in [1.165, 1.54) is 0 Å². The fourth-order valence-corrected chi connectivity index (χ4v) is 1.42. The van der Waals surface area contributed by atoms with Crippen LogP contribution < -0.4 is 0 Å². The highest BCUT2D eigenvalue weighted by atomic mass is 16.3. The van der Waals surface area contributed by atoms with Crippen LogP contribution in [0.15, 0.2) is 30.3 Å². The van der Waals surface area contributed by atoms with Gasteiger partial charge in [0.15, 0.2) is 0 Å². The predicted octanol–water partition coefficient (Wildman–Crippen LogP) is 1.36. The topological polar surface area (TPSA) is 40.5 Å². The second-order valence-electron chi connectivity index (χ2n) is 3.60. The highest BCUT2D eigenvalue weighted by Gasteiger charge is 2.07. The summed E-state index contributed by atoms with van der Waals surface area (Å²) in [6.07, 6.45) is 5.44. The van der Waals surface area contributed by atoms with Crippen LogP contribution in [0.3, 0.4) is 0 Å². The van der Waals surface area contributed by atoms with Gasteiger partial charge in [-0.2, -0.15) is 0 Å². The first kappa shape index (κ1) is 11.8. The molecule has 0 aliphatic carbocycles. The van der Waals surface area contributed by atoms with Crippen molar-refractivity contribution in [1.29, 1.82) is 0 Å². The number of aliphatic hydroxyl groups is 2. The van der Waals surface area contributed by atoms with E-state index in [0.29, 0.717) is 19.3 Å². The van der Waals surface area contributed by atoms with Crippen LogP contribution in [-0.2, 0) is 6.42 Å². The number of benzene rings is 1. The third-order valence-corrected chi connectivity index (χ3v) is 2.28. The molecular formula is C13H16O2. The molecule has 0 aliphatic heterocycles. The average Bonchev–Trinajstić information content (AvgIpc) is 2.27. The van der Waals surface area contributed by atoms with Crippen molar-refractivity contribution in [2.24, 2.45) is 0 Å².